The van der Waals surface area contributed by atoms with Gasteiger partial charge in [-0.3, -0.25) is 0 Å². The van der Waals surface area contributed by atoms with E-state index in [0.29, 0.717) is 17.9 Å². The van der Waals surface area contributed by atoms with E-state index in [4.69, 9.17) is 10.5 Å². The summed E-state index contributed by atoms with van der Waals surface area (Å²) in [6.45, 7) is 4.65. The molecule has 4 rings (SSSR count). The van der Waals surface area contributed by atoms with Crippen LogP contribution < -0.4 is 15.8 Å². The first-order chi connectivity index (χ1) is 12.2. The minimum absolute atomic E-state index is 0.0958. The first-order valence-electron chi connectivity index (χ1n) is 8.98. The Labute approximate surface area is 148 Å². The number of ether oxygens (including phenoxy) is 1. The van der Waals surface area contributed by atoms with Gasteiger partial charge in [-0.2, -0.15) is 4.98 Å². The predicted octanol–water partition coefficient (Wildman–Crippen LogP) is 2.82. The molecule has 2 aromatic rings. The molecule has 130 valence electrons. The minimum atomic E-state index is 0.0958. The number of benzene rings is 1. The number of nitrogens with two attached hydrogens (primary N) is 1. The molecular weight excluding hydrogens is 312 g/mol. The molecule has 3 atom stereocenters. The number of nitrogen functional groups attached to an aromatic ring is 1. The summed E-state index contributed by atoms with van der Waals surface area (Å²) < 4.78 is 6.23. The fourth-order valence-electron chi connectivity index (χ4n) is 3.91. The number of hydrogen-bond acceptors (Lipinski definition) is 5. The average Bonchev–Trinajstić information content (AvgIpc) is 3.09. The topological polar surface area (TPSA) is 73.1 Å². The van der Waals surface area contributed by atoms with E-state index in [2.05, 4.69) is 46.1 Å². The molecule has 25 heavy (non-hydrogen) atoms. The zero-order chi connectivity index (χ0) is 17.2. The van der Waals surface area contributed by atoms with Crippen molar-refractivity contribution in [2.24, 2.45) is 0 Å². The molecular formula is C20H24N4O. The van der Waals surface area contributed by atoms with E-state index in [9.17, 15) is 0 Å². The summed E-state index contributed by atoms with van der Waals surface area (Å²) in [6, 6.07) is 10.8. The summed E-state index contributed by atoms with van der Waals surface area (Å²) in [5.41, 5.74) is 9.45. The maximum atomic E-state index is 6.23. The van der Waals surface area contributed by atoms with Crippen molar-refractivity contribution < 1.29 is 4.74 Å². The van der Waals surface area contributed by atoms with E-state index in [1.807, 2.05) is 12.1 Å². The second kappa shape index (κ2) is 6.84. The second-order valence-electron chi connectivity index (χ2n) is 6.83. The van der Waals surface area contributed by atoms with Gasteiger partial charge in [-0.05, 0) is 24.8 Å². The Hall–Kier alpha value is -2.40. The van der Waals surface area contributed by atoms with Crippen molar-refractivity contribution >= 4 is 5.95 Å². The lowest BCUT2D eigenvalue weighted by Gasteiger charge is -2.27. The maximum absolute atomic E-state index is 6.23. The molecule has 0 spiro atoms. The van der Waals surface area contributed by atoms with Crippen LogP contribution in [-0.2, 0) is 6.42 Å². The second-order valence-corrected chi connectivity index (χ2v) is 6.83. The SMILES string of the molecule is C=C[C@@H]1C[C@H](Oc2nc(N)nc3c2CCCC3c2ccccc2)CN1. The van der Waals surface area contributed by atoms with E-state index in [-0.39, 0.29) is 12.0 Å². The van der Waals surface area contributed by atoms with Crippen LogP contribution in [0.1, 0.15) is 42.0 Å². The number of fused-ring (bicyclic) bond motifs is 1. The van der Waals surface area contributed by atoms with Gasteiger partial charge in [0, 0.05) is 30.5 Å². The minimum Gasteiger partial charge on any atom is -0.473 e. The van der Waals surface area contributed by atoms with Crippen molar-refractivity contribution in [1.29, 1.82) is 0 Å². The number of hydrogen-bond donors (Lipinski definition) is 2. The Morgan fingerprint density at radius 3 is 2.84 bits per heavy atom. The van der Waals surface area contributed by atoms with Crippen LogP contribution >= 0.6 is 0 Å². The fourth-order valence-corrected chi connectivity index (χ4v) is 3.91. The molecule has 2 heterocycles. The van der Waals surface area contributed by atoms with Crippen LogP contribution in [-0.4, -0.2) is 28.7 Å². The Balaban J connectivity index is 1.66. The molecule has 2 aliphatic rings. The quantitative estimate of drug-likeness (QED) is 0.840. The van der Waals surface area contributed by atoms with Gasteiger partial charge in [0.15, 0.2) is 0 Å². The molecule has 1 unspecified atom stereocenters. The van der Waals surface area contributed by atoms with E-state index >= 15 is 0 Å². The predicted molar refractivity (Wildman–Crippen MR) is 98.7 cm³/mol. The van der Waals surface area contributed by atoms with Crippen LogP contribution in [0.2, 0.25) is 0 Å². The molecule has 5 nitrogen and oxygen atoms in total. The van der Waals surface area contributed by atoms with Crippen molar-refractivity contribution in [3.63, 3.8) is 0 Å². The summed E-state index contributed by atoms with van der Waals surface area (Å²) in [7, 11) is 0. The third-order valence-corrected chi connectivity index (χ3v) is 5.16. The van der Waals surface area contributed by atoms with Gasteiger partial charge in [0.05, 0.1) is 5.69 Å². The molecule has 1 aliphatic carbocycles. The number of nitrogens with one attached hydrogen (secondary N) is 1. The lowest BCUT2D eigenvalue weighted by molar-refractivity contribution is 0.208. The fraction of sp³-hybridized carbons (Fsp3) is 0.400. The Bertz CT molecular complexity index is 762. The lowest BCUT2D eigenvalue weighted by atomic mass is 9.82. The zero-order valence-corrected chi connectivity index (χ0v) is 14.3. The number of nitrogens with zero attached hydrogens (tertiary/aromatic N) is 2. The number of aromatic nitrogens is 2. The van der Waals surface area contributed by atoms with E-state index < -0.39 is 0 Å². The number of anilines is 1. The average molecular weight is 336 g/mol. The highest BCUT2D eigenvalue weighted by molar-refractivity contribution is 5.43. The van der Waals surface area contributed by atoms with Crippen LogP contribution in [0.3, 0.4) is 0 Å². The molecule has 3 N–H and O–H groups in total. The third kappa shape index (κ3) is 3.24. The highest BCUT2D eigenvalue weighted by Crippen LogP contribution is 2.39. The van der Waals surface area contributed by atoms with Gasteiger partial charge < -0.3 is 15.8 Å². The van der Waals surface area contributed by atoms with Crippen molar-refractivity contribution in [3.05, 3.63) is 59.8 Å². The van der Waals surface area contributed by atoms with E-state index in [1.54, 1.807) is 0 Å². The Kier molecular flexibility index (Phi) is 4.40. The molecule has 1 aromatic heterocycles. The number of rotatable bonds is 4. The van der Waals surface area contributed by atoms with Crippen LogP contribution in [0.15, 0.2) is 43.0 Å². The van der Waals surface area contributed by atoms with Crippen molar-refractivity contribution in [2.45, 2.75) is 43.7 Å². The van der Waals surface area contributed by atoms with Gasteiger partial charge in [-0.15, -0.1) is 6.58 Å². The molecule has 0 saturated carbocycles. The molecule has 1 aromatic carbocycles. The van der Waals surface area contributed by atoms with Crippen molar-refractivity contribution in [1.82, 2.24) is 15.3 Å². The van der Waals surface area contributed by atoms with Gasteiger partial charge >= 0.3 is 0 Å². The van der Waals surface area contributed by atoms with Crippen molar-refractivity contribution in [2.75, 3.05) is 12.3 Å². The largest absolute Gasteiger partial charge is 0.473 e. The summed E-state index contributed by atoms with van der Waals surface area (Å²) in [6.07, 6.45) is 6.06. The molecule has 1 fully saturated rings. The zero-order valence-electron chi connectivity index (χ0n) is 14.3. The normalized spacial score (nSPS) is 25.4. The summed E-state index contributed by atoms with van der Waals surface area (Å²) in [5.74, 6) is 1.22. The van der Waals surface area contributed by atoms with Crippen LogP contribution in [0.4, 0.5) is 5.95 Å². The first-order valence-corrected chi connectivity index (χ1v) is 8.98. The van der Waals surface area contributed by atoms with E-state index in [0.717, 1.165) is 43.5 Å². The summed E-state index contributed by atoms with van der Waals surface area (Å²) in [4.78, 5) is 9.01. The summed E-state index contributed by atoms with van der Waals surface area (Å²) >= 11 is 0. The van der Waals surface area contributed by atoms with Crippen LogP contribution in [0, 0.1) is 0 Å². The highest BCUT2D eigenvalue weighted by Gasteiger charge is 2.30. The highest BCUT2D eigenvalue weighted by atomic mass is 16.5. The van der Waals surface area contributed by atoms with Crippen LogP contribution in [0.5, 0.6) is 5.88 Å². The smallest absolute Gasteiger partial charge is 0.223 e. The molecule has 0 radical (unpaired) electrons. The van der Waals surface area contributed by atoms with Crippen molar-refractivity contribution in [3.8, 4) is 5.88 Å². The maximum Gasteiger partial charge on any atom is 0.223 e. The molecule has 1 aliphatic heterocycles. The lowest BCUT2D eigenvalue weighted by Crippen LogP contribution is -2.23. The Morgan fingerprint density at radius 2 is 2.08 bits per heavy atom. The first kappa shape index (κ1) is 16.1. The molecule has 0 bridgehead atoms. The Morgan fingerprint density at radius 1 is 1.24 bits per heavy atom. The summed E-state index contributed by atoms with van der Waals surface area (Å²) in [5, 5.41) is 3.39. The monoisotopic (exact) mass is 336 g/mol. The van der Waals surface area contributed by atoms with Gasteiger partial charge in [0.1, 0.15) is 6.10 Å². The molecule has 0 amide bonds. The molecule has 5 heteroatoms. The van der Waals surface area contributed by atoms with E-state index in [1.165, 1.54) is 5.56 Å². The molecule has 1 saturated heterocycles. The van der Waals surface area contributed by atoms with Gasteiger partial charge in [-0.25, -0.2) is 4.98 Å². The standard InChI is InChI=1S/C20H24N4O/c1-2-14-11-15(12-22-14)25-19-17-10-6-9-16(13-7-4-3-5-8-13)18(17)23-20(21)24-19/h2-5,7-8,14-16,22H,1,6,9-12H2,(H2,21,23,24)/t14-,15+,16?/m1/s1. The van der Waals surface area contributed by atoms with Gasteiger partial charge in [0.2, 0.25) is 11.8 Å². The third-order valence-electron chi connectivity index (χ3n) is 5.16. The van der Waals surface area contributed by atoms with Crippen LogP contribution in [0.25, 0.3) is 0 Å². The van der Waals surface area contributed by atoms with Gasteiger partial charge in [-0.1, -0.05) is 36.4 Å². The van der Waals surface area contributed by atoms with Gasteiger partial charge in [0.25, 0.3) is 0 Å².